The van der Waals surface area contributed by atoms with Gasteiger partial charge in [-0.15, -0.1) is 0 Å². The number of hydrogen-bond donors (Lipinski definition) is 1. The lowest BCUT2D eigenvalue weighted by atomic mass is 9.91. The van der Waals surface area contributed by atoms with E-state index in [4.69, 9.17) is 4.74 Å². The molecule has 0 radical (unpaired) electrons. The van der Waals surface area contributed by atoms with Crippen LogP contribution in [0.1, 0.15) is 77.7 Å². The molecular formula is C34H49F3N2O3. The summed E-state index contributed by atoms with van der Waals surface area (Å²) in [7, 11) is 1.19. The average Bonchev–Trinajstić information content (AvgIpc) is 3.83. The van der Waals surface area contributed by atoms with E-state index >= 15 is 0 Å². The third-order valence-corrected chi connectivity index (χ3v) is 6.96. The van der Waals surface area contributed by atoms with Gasteiger partial charge in [0, 0.05) is 25.7 Å². The highest BCUT2D eigenvalue weighted by Crippen LogP contribution is 2.29. The Morgan fingerprint density at radius 1 is 1.05 bits per heavy atom. The maximum Gasteiger partial charge on any atom is 0.471 e. The zero-order valence-electron chi connectivity index (χ0n) is 25.7. The van der Waals surface area contributed by atoms with Gasteiger partial charge in [0.15, 0.2) is 0 Å². The molecule has 0 heterocycles. The zero-order chi connectivity index (χ0) is 31.6. The number of amides is 1. The summed E-state index contributed by atoms with van der Waals surface area (Å²) in [6, 6.07) is 10.7. The number of carbonyl (C=O) groups is 2. The molecule has 1 aromatic rings. The molecule has 0 aliphatic heterocycles. The molecule has 0 unspecified atom stereocenters. The van der Waals surface area contributed by atoms with Crippen LogP contribution in [-0.2, 0) is 14.3 Å². The Morgan fingerprint density at radius 2 is 1.67 bits per heavy atom. The molecule has 0 aromatic heterocycles. The highest BCUT2D eigenvalue weighted by molar-refractivity contribution is 5.82. The fourth-order valence-corrected chi connectivity index (χ4v) is 4.09. The smallest absolute Gasteiger partial charge is 0.460 e. The number of benzene rings is 1. The van der Waals surface area contributed by atoms with Crippen molar-refractivity contribution >= 4 is 18.0 Å². The van der Waals surface area contributed by atoms with Crippen LogP contribution in [-0.4, -0.2) is 55.2 Å². The van der Waals surface area contributed by atoms with Gasteiger partial charge in [-0.05, 0) is 57.1 Å². The molecule has 1 amide bonds. The topological polar surface area (TPSA) is 58.6 Å². The van der Waals surface area contributed by atoms with Crippen LogP contribution in [0.25, 0.3) is 6.08 Å². The predicted molar refractivity (Wildman–Crippen MR) is 166 cm³/mol. The second-order valence-electron chi connectivity index (χ2n) is 11.2. The summed E-state index contributed by atoms with van der Waals surface area (Å²) in [6.45, 7) is 14.2. The first-order chi connectivity index (χ1) is 19.8. The lowest BCUT2D eigenvalue weighted by Crippen LogP contribution is -2.42. The molecule has 1 N–H and O–H groups in total. The second kappa shape index (κ2) is 19.1. The molecule has 3 rings (SSSR count). The second-order valence-corrected chi connectivity index (χ2v) is 11.2. The Bertz CT molecular complexity index is 1020. The van der Waals surface area contributed by atoms with Crippen LogP contribution < -0.4 is 5.32 Å². The van der Waals surface area contributed by atoms with Gasteiger partial charge in [0.25, 0.3) is 0 Å². The van der Waals surface area contributed by atoms with Crippen LogP contribution >= 0.6 is 0 Å². The SMILES string of the molecule is C=C/C=C(\C=C)COC(=O)C(C)(C)CNC1CCCCC1.CC/C=C\c1ccccc1.CN(C(=O)C(F)(F)F)C1CC1. The van der Waals surface area contributed by atoms with E-state index in [1.54, 1.807) is 18.2 Å². The van der Waals surface area contributed by atoms with Gasteiger partial charge in [-0.2, -0.15) is 13.2 Å². The number of allylic oxidation sites excluding steroid dienone is 3. The van der Waals surface area contributed by atoms with Crippen LogP contribution in [0, 0.1) is 5.41 Å². The maximum absolute atomic E-state index is 12.2. The number of carbonyl (C=O) groups excluding carboxylic acids is 2. The number of nitrogens with zero attached hydrogens (tertiary/aromatic N) is 1. The van der Waals surface area contributed by atoms with Gasteiger partial charge in [-0.25, -0.2) is 0 Å². The normalized spacial score (nSPS) is 15.9. The molecule has 2 aliphatic carbocycles. The van der Waals surface area contributed by atoms with Crippen molar-refractivity contribution in [2.45, 2.75) is 90.4 Å². The Labute approximate surface area is 250 Å². The fraction of sp³-hybridized carbons (Fsp3) is 0.529. The maximum atomic E-state index is 12.2. The molecule has 0 atom stereocenters. The fourth-order valence-electron chi connectivity index (χ4n) is 4.09. The average molecular weight is 591 g/mol. The van der Waals surface area contributed by atoms with Gasteiger partial charge < -0.3 is 15.0 Å². The van der Waals surface area contributed by atoms with Crippen molar-refractivity contribution in [2.75, 3.05) is 20.2 Å². The van der Waals surface area contributed by atoms with Gasteiger partial charge in [0.05, 0.1) is 5.41 Å². The summed E-state index contributed by atoms with van der Waals surface area (Å²) in [4.78, 5) is 23.4. The van der Waals surface area contributed by atoms with Crippen LogP contribution in [0.4, 0.5) is 13.2 Å². The van der Waals surface area contributed by atoms with Gasteiger partial charge in [0.2, 0.25) is 0 Å². The Balaban J connectivity index is 0.000000350. The van der Waals surface area contributed by atoms with Crippen molar-refractivity contribution < 1.29 is 27.5 Å². The Morgan fingerprint density at radius 3 is 2.17 bits per heavy atom. The summed E-state index contributed by atoms with van der Waals surface area (Å²) < 4.78 is 40.5. The number of alkyl halides is 3. The molecule has 2 saturated carbocycles. The van der Waals surface area contributed by atoms with E-state index in [0.29, 0.717) is 25.4 Å². The molecule has 2 aliphatic rings. The Kier molecular flexibility index (Phi) is 16.8. The summed E-state index contributed by atoms with van der Waals surface area (Å²) in [6.07, 6.45) is 13.6. The van der Waals surface area contributed by atoms with Crippen LogP contribution in [0.5, 0.6) is 0 Å². The molecule has 8 heteroatoms. The van der Waals surface area contributed by atoms with E-state index in [2.05, 4.69) is 61.8 Å². The zero-order valence-corrected chi connectivity index (χ0v) is 25.7. The van der Waals surface area contributed by atoms with Crippen LogP contribution in [0.3, 0.4) is 0 Å². The predicted octanol–water partition coefficient (Wildman–Crippen LogP) is 8.06. The first-order valence-electron chi connectivity index (χ1n) is 14.8. The molecular weight excluding hydrogens is 541 g/mol. The Hall–Kier alpha value is -3.13. The lowest BCUT2D eigenvalue weighted by Gasteiger charge is -2.28. The van der Waals surface area contributed by atoms with E-state index in [9.17, 15) is 22.8 Å². The monoisotopic (exact) mass is 590 g/mol. The third-order valence-electron chi connectivity index (χ3n) is 6.96. The van der Waals surface area contributed by atoms with Crippen LogP contribution in [0.15, 0.2) is 73.4 Å². The summed E-state index contributed by atoms with van der Waals surface area (Å²) in [5, 5.41) is 3.52. The van der Waals surface area contributed by atoms with Crippen molar-refractivity contribution in [3.8, 4) is 0 Å². The lowest BCUT2D eigenvalue weighted by molar-refractivity contribution is -0.184. The highest BCUT2D eigenvalue weighted by Gasteiger charge is 2.45. The van der Waals surface area contributed by atoms with Crippen molar-refractivity contribution in [1.82, 2.24) is 10.2 Å². The molecule has 0 spiro atoms. The quantitative estimate of drug-likeness (QED) is 0.209. The van der Waals surface area contributed by atoms with Gasteiger partial charge in [-0.3, -0.25) is 9.59 Å². The van der Waals surface area contributed by atoms with Gasteiger partial charge in [0.1, 0.15) is 6.61 Å². The van der Waals surface area contributed by atoms with E-state index < -0.39 is 17.5 Å². The number of esters is 1. The number of hydrogen-bond acceptors (Lipinski definition) is 4. The van der Waals surface area contributed by atoms with E-state index in [1.165, 1.54) is 44.7 Å². The summed E-state index contributed by atoms with van der Waals surface area (Å²) in [5.41, 5.74) is 1.62. The molecule has 0 saturated heterocycles. The summed E-state index contributed by atoms with van der Waals surface area (Å²) in [5.74, 6) is -1.91. The number of nitrogens with one attached hydrogen (secondary N) is 1. The molecule has 2 fully saturated rings. The van der Waals surface area contributed by atoms with Crippen molar-refractivity contribution in [1.29, 1.82) is 0 Å². The number of ether oxygens (including phenoxy) is 1. The number of rotatable bonds is 11. The molecule has 234 valence electrons. The van der Waals surface area contributed by atoms with Crippen molar-refractivity contribution in [3.05, 3.63) is 78.9 Å². The van der Waals surface area contributed by atoms with Gasteiger partial charge >= 0.3 is 18.1 Å². The largest absolute Gasteiger partial charge is 0.471 e. The van der Waals surface area contributed by atoms with E-state index in [1.807, 2.05) is 19.9 Å². The highest BCUT2D eigenvalue weighted by atomic mass is 19.4. The number of halogens is 3. The molecule has 5 nitrogen and oxygen atoms in total. The van der Waals surface area contributed by atoms with Crippen molar-refractivity contribution in [2.24, 2.45) is 5.41 Å². The first-order valence-corrected chi connectivity index (χ1v) is 14.8. The minimum atomic E-state index is -4.71. The minimum Gasteiger partial charge on any atom is -0.460 e. The first kappa shape index (κ1) is 36.9. The standard InChI is InChI=1S/C18H29NO2.C10H12.C6H8F3NO/c1-5-10-15(6-2)13-21-17(20)18(3,4)14-19-16-11-8-7-9-12-16;1-2-3-7-10-8-5-4-6-9-10;1-10(4-2-3-4)5(11)6(7,8)9/h5-6,10,16,19H,1-2,7-9,11-14H2,3-4H3;3-9H,2H2,1H3;4H,2-3H2,1H3/b15-10+;7-3-;. The van der Waals surface area contributed by atoms with Crippen molar-refractivity contribution in [3.63, 3.8) is 0 Å². The van der Waals surface area contributed by atoms with E-state index in [0.717, 1.165) is 16.9 Å². The molecule has 42 heavy (non-hydrogen) atoms. The third kappa shape index (κ3) is 15.2. The van der Waals surface area contributed by atoms with Crippen LogP contribution in [0.2, 0.25) is 0 Å². The van der Waals surface area contributed by atoms with E-state index in [-0.39, 0.29) is 18.6 Å². The minimum absolute atomic E-state index is 0.177. The van der Waals surface area contributed by atoms with Gasteiger partial charge in [-0.1, -0.05) is 100 Å². The molecule has 1 aromatic carbocycles. The molecule has 0 bridgehead atoms. The summed E-state index contributed by atoms with van der Waals surface area (Å²) >= 11 is 0.